The summed E-state index contributed by atoms with van der Waals surface area (Å²) in [5.41, 5.74) is 6.19. The number of carbonyl (C=O) groups excluding carboxylic acids is 1. The normalized spacial score (nSPS) is 9.94. The van der Waals surface area contributed by atoms with E-state index in [4.69, 9.17) is 22.1 Å². The Bertz CT molecular complexity index is 369. The number of rotatable bonds is 5. The molecule has 0 heterocycles. The third-order valence-corrected chi connectivity index (χ3v) is 2.37. The van der Waals surface area contributed by atoms with Gasteiger partial charge in [-0.1, -0.05) is 17.7 Å². The van der Waals surface area contributed by atoms with Gasteiger partial charge in [-0.15, -0.1) is 0 Å². The van der Waals surface area contributed by atoms with Crippen LogP contribution < -0.4 is 15.8 Å². The number of halogens is 1. The quantitative estimate of drug-likeness (QED) is 0.819. The molecule has 0 spiro atoms. The van der Waals surface area contributed by atoms with Crippen molar-refractivity contribution in [1.82, 2.24) is 5.32 Å². The van der Waals surface area contributed by atoms with Gasteiger partial charge < -0.3 is 15.8 Å². The van der Waals surface area contributed by atoms with Gasteiger partial charge >= 0.3 is 0 Å². The molecule has 4 nitrogen and oxygen atoms in total. The van der Waals surface area contributed by atoms with E-state index in [-0.39, 0.29) is 5.91 Å². The fourth-order valence-corrected chi connectivity index (χ4v) is 1.52. The van der Waals surface area contributed by atoms with E-state index in [2.05, 4.69) is 5.32 Å². The average Bonchev–Trinajstić information content (AvgIpc) is 2.27. The van der Waals surface area contributed by atoms with Gasteiger partial charge in [-0.2, -0.15) is 0 Å². The van der Waals surface area contributed by atoms with E-state index < -0.39 is 0 Å². The molecule has 1 aromatic carbocycles. The smallest absolute Gasteiger partial charge is 0.221 e. The van der Waals surface area contributed by atoms with Gasteiger partial charge in [-0.05, 0) is 17.7 Å². The highest BCUT2D eigenvalue weighted by Gasteiger charge is 2.03. The topological polar surface area (TPSA) is 64.3 Å². The molecule has 5 heteroatoms. The van der Waals surface area contributed by atoms with Crippen molar-refractivity contribution in [2.75, 3.05) is 13.7 Å². The molecule has 88 valence electrons. The van der Waals surface area contributed by atoms with E-state index in [0.717, 1.165) is 5.56 Å². The number of carbonyl (C=O) groups is 1. The first-order valence-electron chi connectivity index (χ1n) is 4.96. The summed E-state index contributed by atoms with van der Waals surface area (Å²) in [6.07, 6.45) is 0.337. The lowest BCUT2D eigenvalue weighted by molar-refractivity contribution is -0.121. The minimum atomic E-state index is -0.0607. The highest BCUT2D eigenvalue weighted by molar-refractivity contribution is 6.32. The lowest BCUT2D eigenvalue weighted by Crippen LogP contribution is -2.24. The molecule has 0 aliphatic carbocycles. The van der Waals surface area contributed by atoms with Gasteiger partial charge in [0.2, 0.25) is 5.91 Å². The third-order valence-electron chi connectivity index (χ3n) is 2.08. The second-order valence-electron chi connectivity index (χ2n) is 3.28. The van der Waals surface area contributed by atoms with Crippen LogP contribution in [0.4, 0.5) is 0 Å². The average molecular weight is 243 g/mol. The molecule has 0 unspecified atom stereocenters. The molecule has 0 saturated heterocycles. The predicted octanol–water partition coefficient (Wildman–Crippen LogP) is 1.31. The Kier molecular flexibility index (Phi) is 5.08. The Hall–Kier alpha value is -1.26. The van der Waals surface area contributed by atoms with Gasteiger partial charge in [0.25, 0.3) is 0 Å². The summed E-state index contributed by atoms with van der Waals surface area (Å²) in [6.45, 7) is 0.803. The molecule has 1 rings (SSSR count). The van der Waals surface area contributed by atoms with Gasteiger partial charge in [0.05, 0.1) is 12.1 Å². The molecule has 0 fully saturated rings. The Morgan fingerprint density at radius 2 is 2.31 bits per heavy atom. The van der Waals surface area contributed by atoms with Crippen molar-refractivity contribution in [1.29, 1.82) is 0 Å². The summed E-state index contributed by atoms with van der Waals surface area (Å²) in [7, 11) is 1.56. The maximum absolute atomic E-state index is 11.2. The fourth-order valence-electron chi connectivity index (χ4n) is 1.24. The Labute approximate surface area is 99.7 Å². The van der Waals surface area contributed by atoms with Crippen molar-refractivity contribution in [3.63, 3.8) is 0 Å². The summed E-state index contributed by atoms with van der Waals surface area (Å²) in [4.78, 5) is 11.2. The Morgan fingerprint density at radius 1 is 1.56 bits per heavy atom. The van der Waals surface area contributed by atoms with Crippen LogP contribution in [-0.4, -0.2) is 19.6 Å². The lowest BCUT2D eigenvalue weighted by Gasteiger charge is -2.07. The van der Waals surface area contributed by atoms with Crippen molar-refractivity contribution < 1.29 is 9.53 Å². The second kappa shape index (κ2) is 6.35. The first kappa shape index (κ1) is 12.8. The van der Waals surface area contributed by atoms with Crippen molar-refractivity contribution in [3.05, 3.63) is 28.8 Å². The molecular weight excluding hydrogens is 228 g/mol. The van der Waals surface area contributed by atoms with Crippen molar-refractivity contribution in [3.8, 4) is 5.75 Å². The van der Waals surface area contributed by atoms with Gasteiger partial charge in [0, 0.05) is 19.5 Å². The molecule has 1 aromatic rings. The first-order valence-corrected chi connectivity index (χ1v) is 5.34. The number of benzene rings is 1. The molecule has 3 N–H and O–H groups in total. The number of methoxy groups -OCH3 is 1. The summed E-state index contributed by atoms with van der Waals surface area (Å²) >= 11 is 5.95. The molecule has 1 amide bonds. The molecule has 0 bridgehead atoms. The van der Waals surface area contributed by atoms with Crippen molar-refractivity contribution >= 4 is 17.5 Å². The molecule has 0 saturated carbocycles. The van der Waals surface area contributed by atoms with Crippen LogP contribution in [0.15, 0.2) is 18.2 Å². The predicted molar refractivity (Wildman–Crippen MR) is 63.5 cm³/mol. The highest BCUT2D eigenvalue weighted by Crippen LogP contribution is 2.24. The number of amides is 1. The van der Waals surface area contributed by atoms with E-state index in [9.17, 15) is 4.79 Å². The zero-order valence-corrected chi connectivity index (χ0v) is 9.88. The number of ether oxygens (including phenoxy) is 1. The monoisotopic (exact) mass is 242 g/mol. The van der Waals surface area contributed by atoms with Crippen LogP contribution in [0, 0.1) is 0 Å². The third kappa shape index (κ3) is 3.72. The highest BCUT2D eigenvalue weighted by atomic mass is 35.5. The number of nitrogens with one attached hydrogen (secondary N) is 1. The summed E-state index contributed by atoms with van der Waals surface area (Å²) in [5, 5.41) is 3.28. The standard InChI is InChI=1S/C11H15ClN2O2/c1-16-10-3-2-8(6-9(10)12)7-14-11(15)4-5-13/h2-3,6H,4-5,7,13H2,1H3,(H,14,15). The summed E-state index contributed by atoms with van der Waals surface area (Å²) in [6, 6.07) is 5.39. The van der Waals surface area contributed by atoms with Crippen LogP contribution in [0.25, 0.3) is 0 Å². The second-order valence-corrected chi connectivity index (χ2v) is 3.69. The molecule has 0 aromatic heterocycles. The van der Waals surface area contributed by atoms with Crippen molar-refractivity contribution in [2.45, 2.75) is 13.0 Å². The number of hydrogen-bond acceptors (Lipinski definition) is 3. The van der Waals surface area contributed by atoms with Gasteiger partial charge in [0.1, 0.15) is 5.75 Å². The summed E-state index contributed by atoms with van der Waals surface area (Å²) in [5.74, 6) is 0.563. The van der Waals surface area contributed by atoms with E-state index in [1.54, 1.807) is 19.2 Å². The Morgan fingerprint density at radius 3 is 2.88 bits per heavy atom. The van der Waals surface area contributed by atoms with Crippen molar-refractivity contribution in [2.24, 2.45) is 5.73 Å². The molecule has 0 aliphatic heterocycles. The van der Waals surface area contributed by atoms with Crippen LogP contribution in [0.5, 0.6) is 5.75 Å². The minimum Gasteiger partial charge on any atom is -0.495 e. The van der Waals surface area contributed by atoms with E-state index in [1.165, 1.54) is 0 Å². The molecule has 0 aliphatic rings. The molecule has 0 atom stereocenters. The van der Waals surface area contributed by atoms with E-state index in [1.807, 2.05) is 6.07 Å². The maximum Gasteiger partial charge on any atom is 0.221 e. The van der Waals surface area contributed by atoms with Crippen LogP contribution in [0.2, 0.25) is 5.02 Å². The fraction of sp³-hybridized carbons (Fsp3) is 0.364. The largest absolute Gasteiger partial charge is 0.495 e. The van der Waals surface area contributed by atoms with Gasteiger partial charge in [-0.3, -0.25) is 4.79 Å². The Balaban J connectivity index is 2.55. The van der Waals surface area contributed by atoms with Crippen LogP contribution in [0.3, 0.4) is 0 Å². The van der Waals surface area contributed by atoms with Crippen LogP contribution >= 0.6 is 11.6 Å². The van der Waals surface area contributed by atoms with Gasteiger partial charge in [-0.25, -0.2) is 0 Å². The maximum atomic E-state index is 11.2. The molecule has 16 heavy (non-hydrogen) atoms. The SMILES string of the molecule is COc1ccc(CNC(=O)CCN)cc1Cl. The number of nitrogens with two attached hydrogens (primary N) is 1. The van der Waals surface area contributed by atoms with Gasteiger partial charge in [0.15, 0.2) is 0 Å². The van der Waals surface area contributed by atoms with Crippen LogP contribution in [0.1, 0.15) is 12.0 Å². The van der Waals surface area contributed by atoms with E-state index in [0.29, 0.717) is 30.3 Å². The first-order chi connectivity index (χ1) is 7.67. The zero-order valence-electron chi connectivity index (χ0n) is 9.13. The zero-order chi connectivity index (χ0) is 12.0. The molecular formula is C11H15ClN2O2. The van der Waals surface area contributed by atoms with Crippen LogP contribution in [-0.2, 0) is 11.3 Å². The minimum absolute atomic E-state index is 0.0607. The summed E-state index contributed by atoms with van der Waals surface area (Å²) < 4.78 is 5.03. The van der Waals surface area contributed by atoms with E-state index >= 15 is 0 Å². The number of hydrogen-bond donors (Lipinski definition) is 2. The lowest BCUT2D eigenvalue weighted by atomic mass is 10.2. The molecule has 0 radical (unpaired) electrons.